The first kappa shape index (κ1) is 14.8. The molecule has 0 atom stereocenters. The fourth-order valence-corrected chi connectivity index (χ4v) is 2.20. The van der Waals surface area contributed by atoms with Crippen molar-refractivity contribution in [2.24, 2.45) is 0 Å². The molecule has 21 heavy (non-hydrogen) atoms. The van der Waals surface area contributed by atoms with Crippen molar-refractivity contribution in [2.45, 2.75) is 13.3 Å². The van der Waals surface area contributed by atoms with E-state index in [1.807, 2.05) is 13.0 Å². The van der Waals surface area contributed by atoms with E-state index in [4.69, 9.17) is 0 Å². The van der Waals surface area contributed by atoms with Crippen LogP contribution >= 0.6 is 0 Å². The summed E-state index contributed by atoms with van der Waals surface area (Å²) >= 11 is 0. The third kappa shape index (κ3) is 2.40. The fourth-order valence-electron chi connectivity index (χ4n) is 2.20. The Morgan fingerprint density at radius 1 is 1.19 bits per heavy atom. The number of aryl methyl sites for hydroxylation is 1. The number of hydrogen-bond acceptors (Lipinski definition) is 6. The first-order valence-corrected chi connectivity index (χ1v) is 6.36. The van der Waals surface area contributed by atoms with Crippen molar-refractivity contribution in [3.63, 3.8) is 0 Å². The minimum Gasteiger partial charge on any atom is -0.506 e. The first-order chi connectivity index (χ1) is 10.0. The van der Waals surface area contributed by atoms with Crippen LogP contribution in [0.1, 0.15) is 33.3 Å². The summed E-state index contributed by atoms with van der Waals surface area (Å²) in [5.74, 6) is -1.97. The average molecular weight is 289 g/mol. The lowest BCUT2D eigenvalue weighted by molar-refractivity contribution is 0.0547. The highest BCUT2D eigenvalue weighted by Gasteiger charge is 2.27. The molecule has 0 amide bonds. The second kappa shape index (κ2) is 5.78. The molecular formula is C15H15NO5. The van der Waals surface area contributed by atoms with E-state index in [2.05, 4.69) is 14.5 Å². The maximum absolute atomic E-state index is 11.9. The molecule has 1 N–H and O–H groups in total. The number of esters is 2. The molecular weight excluding hydrogens is 274 g/mol. The Labute approximate surface area is 121 Å². The third-order valence-electron chi connectivity index (χ3n) is 3.22. The Morgan fingerprint density at radius 3 is 2.43 bits per heavy atom. The SMILES string of the molecule is CCc1cccc2nc(C(=O)OC)c(C(=O)OC)c(O)c12. The van der Waals surface area contributed by atoms with E-state index in [9.17, 15) is 14.7 Å². The van der Waals surface area contributed by atoms with E-state index in [1.165, 1.54) is 14.2 Å². The quantitative estimate of drug-likeness (QED) is 0.871. The summed E-state index contributed by atoms with van der Waals surface area (Å²) < 4.78 is 9.24. The maximum atomic E-state index is 11.9. The number of aromatic nitrogens is 1. The van der Waals surface area contributed by atoms with Crippen LogP contribution in [0.2, 0.25) is 0 Å². The smallest absolute Gasteiger partial charge is 0.357 e. The van der Waals surface area contributed by atoms with Crippen LogP contribution in [0.5, 0.6) is 5.75 Å². The molecule has 0 saturated heterocycles. The van der Waals surface area contributed by atoms with Gasteiger partial charge in [0.05, 0.1) is 19.7 Å². The highest BCUT2D eigenvalue weighted by molar-refractivity contribution is 6.08. The van der Waals surface area contributed by atoms with E-state index in [0.717, 1.165) is 5.56 Å². The normalized spacial score (nSPS) is 10.4. The molecule has 2 aromatic rings. The highest BCUT2D eigenvalue weighted by Crippen LogP contribution is 2.33. The number of ether oxygens (including phenoxy) is 2. The largest absolute Gasteiger partial charge is 0.506 e. The number of pyridine rings is 1. The maximum Gasteiger partial charge on any atom is 0.357 e. The molecule has 0 fully saturated rings. The van der Waals surface area contributed by atoms with E-state index in [1.54, 1.807) is 12.1 Å². The Balaban J connectivity index is 2.91. The number of carbonyl (C=O) groups is 2. The third-order valence-corrected chi connectivity index (χ3v) is 3.22. The van der Waals surface area contributed by atoms with Crippen molar-refractivity contribution >= 4 is 22.8 Å². The summed E-state index contributed by atoms with van der Waals surface area (Å²) in [5.41, 5.74) is 0.694. The Kier molecular flexibility index (Phi) is 4.07. The molecule has 0 aliphatic heterocycles. The van der Waals surface area contributed by atoms with Crippen LogP contribution in [-0.2, 0) is 15.9 Å². The molecule has 0 aliphatic carbocycles. The summed E-state index contributed by atoms with van der Waals surface area (Å²) in [7, 11) is 2.34. The number of carbonyl (C=O) groups excluding carboxylic acids is 2. The molecule has 2 rings (SSSR count). The Hall–Kier alpha value is -2.63. The molecule has 0 unspecified atom stereocenters. The van der Waals surface area contributed by atoms with Crippen molar-refractivity contribution in [3.05, 3.63) is 35.0 Å². The van der Waals surface area contributed by atoms with Crippen molar-refractivity contribution in [2.75, 3.05) is 14.2 Å². The molecule has 0 saturated carbocycles. The van der Waals surface area contributed by atoms with Crippen LogP contribution in [0.25, 0.3) is 10.9 Å². The number of benzene rings is 1. The van der Waals surface area contributed by atoms with E-state index >= 15 is 0 Å². The molecule has 6 heteroatoms. The zero-order valence-corrected chi connectivity index (χ0v) is 12.0. The van der Waals surface area contributed by atoms with Gasteiger partial charge in [-0.3, -0.25) is 0 Å². The van der Waals surface area contributed by atoms with Crippen molar-refractivity contribution in [1.29, 1.82) is 0 Å². The van der Waals surface area contributed by atoms with Crippen molar-refractivity contribution in [1.82, 2.24) is 4.98 Å². The predicted molar refractivity (Wildman–Crippen MR) is 75.5 cm³/mol. The van der Waals surface area contributed by atoms with Gasteiger partial charge in [0.2, 0.25) is 0 Å². The molecule has 0 spiro atoms. The lowest BCUT2D eigenvalue weighted by atomic mass is 10.0. The summed E-state index contributed by atoms with van der Waals surface area (Å²) in [6.07, 6.45) is 0.644. The summed E-state index contributed by atoms with van der Waals surface area (Å²) in [4.78, 5) is 27.8. The average Bonchev–Trinajstić information content (AvgIpc) is 2.52. The number of rotatable bonds is 3. The molecule has 0 radical (unpaired) electrons. The van der Waals surface area contributed by atoms with Gasteiger partial charge in [0.1, 0.15) is 11.3 Å². The van der Waals surface area contributed by atoms with E-state index in [-0.39, 0.29) is 17.0 Å². The number of hydrogen-bond donors (Lipinski definition) is 1. The van der Waals surface area contributed by atoms with Gasteiger partial charge >= 0.3 is 11.9 Å². The van der Waals surface area contributed by atoms with Crippen LogP contribution in [0.3, 0.4) is 0 Å². The van der Waals surface area contributed by atoms with Crippen LogP contribution in [0, 0.1) is 0 Å². The second-order valence-electron chi connectivity index (χ2n) is 4.33. The monoisotopic (exact) mass is 289 g/mol. The number of fused-ring (bicyclic) bond motifs is 1. The molecule has 6 nitrogen and oxygen atoms in total. The molecule has 1 aromatic carbocycles. The number of methoxy groups -OCH3 is 2. The number of nitrogens with zero attached hydrogens (tertiary/aromatic N) is 1. The van der Waals surface area contributed by atoms with Gasteiger partial charge in [-0.05, 0) is 18.1 Å². The van der Waals surface area contributed by atoms with Gasteiger partial charge in [-0.15, -0.1) is 0 Å². The molecule has 110 valence electrons. The zero-order chi connectivity index (χ0) is 15.6. The van der Waals surface area contributed by atoms with Gasteiger partial charge in [-0.1, -0.05) is 19.1 Å². The Bertz CT molecular complexity index is 724. The van der Waals surface area contributed by atoms with Gasteiger partial charge < -0.3 is 14.6 Å². The molecule has 0 bridgehead atoms. The first-order valence-electron chi connectivity index (χ1n) is 6.36. The summed E-state index contributed by atoms with van der Waals surface area (Å²) in [6.45, 7) is 1.92. The van der Waals surface area contributed by atoms with Gasteiger partial charge in [-0.2, -0.15) is 0 Å². The van der Waals surface area contributed by atoms with Crippen LogP contribution < -0.4 is 0 Å². The molecule has 1 aromatic heterocycles. The minimum absolute atomic E-state index is 0.261. The lowest BCUT2D eigenvalue weighted by Gasteiger charge is -2.12. The standard InChI is InChI=1S/C15H15NO5/c1-4-8-6-5-7-9-10(8)13(17)11(14(18)20-2)12(16-9)15(19)21-3/h5-7H,4H2,1-3H3,(H,16,17). The van der Waals surface area contributed by atoms with Crippen LogP contribution in [0.4, 0.5) is 0 Å². The predicted octanol–water partition coefficient (Wildman–Crippen LogP) is 2.08. The highest BCUT2D eigenvalue weighted by atomic mass is 16.5. The fraction of sp³-hybridized carbons (Fsp3) is 0.267. The van der Waals surface area contributed by atoms with Crippen molar-refractivity contribution in [3.8, 4) is 5.75 Å². The van der Waals surface area contributed by atoms with E-state index < -0.39 is 11.9 Å². The minimum atomic E-state index is -0.840. The van der Waals surface area contributed by atoms with Gasteiger partial charge in [0.15, 0.2) is 5.69 Å². The van der Waals surface area contributed by atoms with Gasteiger partial charge in [-0.25, -0.2) is 14.6 Å². The molecule has 0 aliphatic rings. The summed E-state index contributed by atoms with van der Waals surface area (Å²) in [5, 5.41) is 10.9. The lowest BCUT2D eigenvalue weighted by Crippen LogP contribution is -2.15. The van der Waals surface area contributed by atoms with Crippen LogP contribution in [0.15, 0.2) is 18.2 Å². The second-order valence-corrected chi connectivity index (χ2v) is 4.33. The summed E-state index contributed by atoms with van der Waals surface area (Å²) in [6, 6.07) is 5.25. The van der Waals surface area contributed by atoms with Crippen molar-refractivity contribution < 1.29 is 24.2 Å². The molecule has 1 heterocycles. The Morgan fingerprint density at radius 2 is 1.86 bits per heavy atom. The van der Waals surface area contributed by atoms with Crippen LogP contribution in [-0.4, -0.2) is 36.2 Å². The van der Waals surface area contributed by atoms with Gasteiger partial charge in [0.25, 0.3) is 0 Å². The number of aromatic hydroxyl groups is 1. The zero-order valence-electron chi connectivity index (χ0n) is 12.0. The topological polar surface area (TPSA) is 85.7 Å². The van der Waals surface area contributed by atoms with E-state index in [0.29, 0.717) is 17.3 Å². The van der Waals surface area contributed by atoms with Gasteiger partial charge in [0, 0.05) is 5.39 Å².